The largest absolute Gasteiger partial charge is 0.321 e. The Morgan fingerprint density at radius 2 is 1.62 bits per heavy atom. The van der Waals surface area contributed by atoms with E-state index in [-0.39, 0.29) is 17.3 Å². The molecule has 0 aliphatic carbocycles. The number of carbonyl (C=O) groups excluding carboxylic acids is 2. The molecule has 130 valence electrons. The summed E-state index contributed by atoms with van der Waals surface area (Å²) < 4.78 is 13.2. The van der Waals surface area contributed by atoms with Crippen LogP contribution in [0.5, 0.6) is 0 Å². The number of pyridine rings is 1. The molecule has 1 aromatic heterocycles. The lowest BCUT2D eigenvalue weighted by molar-refractivity contribution is 0.0988. The van der Waals surface area contributed by atoms with Gasteiger partial charge in [0.05, 0.1) is 0 Å². The summed E-state index contributed by atoms with van der Waals surface area (Å²) in [5.41, 5.74) is 1.24. The summed E-state index contributed by atoms with van der Waals surface area (Å²) >= 11 is 0. The van der Waals surface area contributed by atoms with Crippen LogP contribution in [0.3, 0.4) is 0 Å². The van der Waals surface area contributed by atoms with Crippen LogP contribution < -0.4 is 10.2 Å². The highest BCUT2D eigenvalue weighted by molar-refractivity contribution is 6.06. The van der Waals surface area contributed by atoms with Crippen LogP contribution >= 0.6 is 0 Å². The molecule has 0 atom stereocenters. The average Bonchev–Trinajstić information content (AvgIpc) is 2.67. The number of anilines is 2. The molecular weight excluding hydrogens is 333 g/mol. The number of hydrogen-bond acceptors (Lipinski definition) is 3. The Morgan fingerprint density at radius 1 is 0.923 bits per heavy atom. The quantitative estimate of drug-likeness (QED) is 0.780. The topological polar surface area (TPSA) is 62.3 Å². The number of nitrogens with zero attached hydrogens (tertiary/aromatic N) is 2. The van der Waals surface area contributed by atoms with Crippen molar-refractivity contribution in [3.05, 3.63) is 90.0 Å². The number of amides is 2. The van der Waals surface area contributed by atoms with Crippen LogP contribution in [0.1, 0.15) is 21.0 Å². The minimum absolute atomic E-state index is 0.0709. The summed E-state index contributed by atoms with van der Waals surface area (Å²) in [7, 11) is 1.64. The third kappa shape index (κ3) is 3.92. The van der Waals surface area contributed by atoms with Crippen molar-refractivity contribution in [1.29, 1.82) is 0 Å². The van der Waals surface area contributed by atoms with Crippen molar-refractivity contribution in [3.8, 4) is 0 Å². The van der Waals surface area contributed by atoms with Gasteiger partial charge in [0.1, 0.15) is 17.2 Å². The molecule has 0 aliphatic rings. The molecule has 0 saturated carbocycles. The third-order valence-corrected chi connectivity index (χ3v) is 3.73. The highest BCUT2D eigenvalue weighted by Gasteiger charge is 2.17. The van der Waals surface area contributed by atoms with Gasteiger partial charge in [-0.25, -0.2) is 9.37 Å². The Bertz CT molecular complexity index is 945. The molecular formula is C20H16FN3O2. The molecule has 0 bridgehead atoms. The first kappa shape index (κ1) is 17.3. The highest BCUT2D eigenvalue weighted by atomic mass is 19.1. The summed E-state index contributed by atoms with van der Waals surface area (Å²) in [5, 5.41) is 2.56. The van der Waals surface area contributed by atoms with E-state index in [9.17, 15) is 14.0 Å². The number of benzene rings is 2. The van der Waals surface area contributed by atoms with E-state index in [1.807, 2.05) is 18.2 Å². The van der Waals surface area contributed by atoms with E-state index in [0.29, 0.717) is 11.4 Å². The maximum absolute atomic E-state index is 13.2. The summed E-state index contributed by atoms with van der Waals surface area (Å²) in [5.74, 6) is -1.31. The molecule has 2 amide bonds. The normalized spacial score (nSPS) is 10.2. The van der Waals surface area contributed by atoms with E-state index in [2.05, 4.69) is 10.3 Å². The number of aromatic nitrogens is 1. The van der Waals surface area contributed by atoms with Crippen LogP contribution in [0.15, 0.2) is 72.8 Å². The number of rotatable bonds is 4. The first-order valence-electron chi connectivity index (χ1n) is 7.91. The lowest BCUT2D eigenvalue weighted by Crippen LogP contribution is -2.27. The van der Waals surface area contributed by atoms with Crippen molar-refractivity contribution in [1.82, 2.24) is 4.98 Å². The zero-order valence-electron chi connectivity index (χ0n) is 14.0. The molecule has 1 heterocycles. The standard InChI is InChI=1S/C20H16FN3O2/c1-24(16-9-3-2-4-10-16)20(26)18-12-6-11-17(23-18)19(25)22-15-8-5-7-14(21)13-15/h2-13H,1H3,(H,22,25). The van der Waals surface area contributed by atoms with Crippen molar-refractivity contribution < 1.29 is 14.0 Å². The van der Waals surface area contributed by atoms with Crippen molar-refractivity contribution in [3.63, 3.8) is 0 Å². The van der Waals surface area contributed by atoms with Crippen LogP contribution in [0.4, 0.5) is 15.8 Å². The Hall–Kier alpha value is -3.54. The van der Waals surface area contributed by atoms with Crippen LogP contribution in [0.25, 0.3) is 0 Å². The maximum atomic E-state index is 13.2. The van der Waals surface area contributed by atoms with E-state index < -0.39 is 11.7 Å². The molecule has 26 heavy (non-hydrogen) atoms. The second-order valence-electron chi connectivity index (χ2n) is 5.57. The Balaban J connectivity index is 1.79. The average molecular weight is 349 g/mol. The van der Waals surface area contributed by atoms with Gasteiger partial charge < -0.3 is 10.2 Å². The molecule has 0 aliphatic heterocycles. The first-order chi connectivity index (χ1) is 12.5. The Kier molecular flexibility index (Phi) is 5.03. The van der Waals surface area contributed by atoms with Gasteiger partial charge in [-0.3, -0.25) is 9.59 Å². The van der Waals surface area contributed by atoms with Crippen molar-refractivity contribution in [2.75, 3.05) is 17.3 Å². The Labute approximate surface area is 150 Å². The number of halogens is 1. The molecule has 6 heteroatoms. The van der Waals surface area contributed by atoms with Gasteiger partial charge in [0, 0.05) is 18.4 Å². The lowest BCUT2D eigenvalue weighted by Gasteiger charge is -2.17. The van der Waals surface area contributed by atoms with E-state index in [4.69, 9.17) is 0 Å². The zero-order valence-corrected chi connectivity index (χ0v) is 14.0. The minimum atomic E-state index is -0.521. The molecule has 2 aromatic carbocycles. The van der Waals surface area contributed by atoms with Crippen LogP contribution in [-0.2, 0) is 0 Å². The number of hydrogen-bond donors (Lipinski definition) is 1. The van der Waals surface area contributed by atoms with Gasteiger partial charge in [0.25, 0.3) is 11.8 Å². The monoisotopic (exact) mass is 349 g/mol. The second-order valence-corrected chi connectivity index (χ2v) is 5.57. The molecule has 0 saturated heterocycles. The highest BCUT2D eigenvalue weighted by Crippen LogP contribution is 2.15. The van der Waals surface area contributed by atoms with E-state index in [0.717, 1.165) is 0 Å². The molecule has 0 unspecified atom stereocenters. The predicted octanol–water partition coefficient (Wildman–Crippen LogP) is 3.75. The Morgan fingerprint density at radius 3 is 2.35 bits per heavy atom. The van der Waals surface area contributed by atoms with Crippen molar-refractivity contribution in [2.45, 2.75) is 0 Å². The fourth-order valence-corrected chi connectivity index (χ4v) is 2.38. The molecule has 3 aromatic rings. The second kappa shape index (κ2) is 7.57. The third-order valence-electron chi connectivity index (χ3n) is 3.73. The summed E-state index contributed by atoms with van der Waals surface area (Å²) in [4.78, 5) is 30.5. The number of carbonyl (C=O) groups is 2. The first-order valence-corrected chi connectivity index (χ1v) is 7.91. The minimum Gasteiger partial charge on any atom is -0.321 e. The predicted molar refractivity (Wildman–Crippen MR) is 97.8 cm³/mol. The van der Waals surface area contributed by atoms with Gasteiger partial charge in [-0.05, 0) is 42.5 Å². The van der Waals surface area contributed by atoms with Crippen molar-refractivity contribution >= 4 is 23.2 Å². The van der Waals surface area contributed by atoms with Gasteiger partial charge in [0.2, 0.25) is 0 Å². The SMILES string of the molecule is CN(C(=O)c1cccc(C(=O)Nc2cccc(F)c2)n1)c1ccccc1. The molecule has 0 fully saturated rings. The fraction of sp³-hybridized carbons (Fsp3) is 0.0500. The van der Waals surface area contributed by atoms with Gasteiger partial charge >= 0.3 is 0 Å². The molecule has 0 radical (unpaired) electrons. The van der Waals surface area contributed by atoms with Crippen LogP contribution in [0.2, 0.25) is 0 Å². The van der Waals surface area contributed by atoms with Gasteiger partial charge in [-0.15, -0.1) is 0 Å². The number of nitrogens with one attached hydrogen (secondary N) is 1. The maximum Gasteiger partial charge on any atom is 0.276 e. The molecule has 1 N–H and O–H groups in total. The molecule has 5 nitrogen and oxygen atoms in total. The van der Waals surface area contributed by atoms with Gasteiger partial charge in [-0.2, -0.15) is 0 Å². The van der Waals surface area contributed by atoms with E-state index in [1.54, 1.807) is 37.4 Å². The molecule has 0 spiro atoms. The van der Waals surface area contributed by atoms with E-state index >= 15 is 0 Å². The van der Waals surface area contributed by atoms with Gasteiger partial charge in [0.15, 0.2) is 0 Å². The van der Waals surface area contributed by atoms with E-state index in [1.165, 1.54) is 29.2 Å². The molecule has 3 rings (SSSR count). The van der Waals surface area contributed by atoms with Crippen LogP contribution in [-0.4, -0.2) is 23.8 Å². The van der Waals surface area contributed by atoms with Gasteiger partial charge in [-0.1, -0.05) is 30.3 Å². The van der Waals surface area contributed by atoms with Crippen molar-refractivity contribution in [2.24, 2.45) is 0 Å². The smallest absolute Gasteiger partial charge is 0.276 e. The van der Waals surface area contributed by atoms with Crippen LogP contribution in [0, 0.1) is 5.82 Å². The summed E-state index contributed by atoms with van der Waals surface area (Å²) in [6, 6.07) is 19.3. The lowest BCUT2D eigenvalue weighted by atomic mass is 10.2. The summed E-state index contributed by atoms with van der Waals surface area (Å²) in [6.07, 6.45) is 0. The zero-order chi connectivity index (χ0) is 18.5. The summed E-state index contributed by atoms with van der Waals surface area (Å²) in [6.45, 7) is 0. The fourth-order valence-electron chi connectivity index (χ4n) is 2.38. The number of para-hydroxylation sites is 1.